The molecule has 0 radical (unpaired) electrons. The molecule has 1 fully saturated rings. The van der Waals surface area contributed by atoms with Crippen LogP contribution in [0.5, 0.6) is 0 Å². The summed E-state index contributed by atoms with van der Waals surface area (Å²) in [5.41, 5.74) is 0. The van der Waals surface area contributed by atoms with Crippen molar-refractivity contribution in [3.63, 3.8) is 0 Å². The van der Waals surface area contributed by atoms with E-state index in [1.54, 1.807) is 12.3 Å². The van der Waals surface area contributed by atoms with Crippen molar-refractivity contribution in [3.8, 4) is 0 Å². The van der Waals surface area contributed by atoms with Crippen LogP contribution < -0.4 is 4.90 Å². The second kappa shape index (κ2) is 6.47. The first-order chi connectivity index (χ1) is 7.22. The van der Waals surface area contributed by atoms with Crippen LogP contribution in [0.25, 0.3) is 0 Å². The summed E-state index contributed by atoms with van der Waals surface area (Å²) in [6.45, 7) is 1.95. The van der Waals surface area contributed by atoms with Crippen molar-refractivity contribution in [1.82, 2.24) is 4.98 Å². The van der Waals surface area contributed by atoms with Crippen LogP contribution in [0.1, 0.15) is 6.42 Å². The zero-order chi connectivity index (χ0) is 10.8. The number of nitrogens with zero attached hydrogens (tertiary/aromatic N) is 2. The van der Waals surface area contributed by atoms with E-state index in [-0.39, 0.29) is 36.2 Å². The van der Waals surface area contributed by atoms with E-state index in [4.69, 9.17) is 16.7 Å². The van der Waals surface area contributed by atoms with Gasteiger partial charge in [-0.05, 0) is 12.5 Å². The van der Waals surface area contributed by atoms with Crippen molar-refractivity contribution in [3.05, 3.63) is 17.3 Å². The molecule has 1 N–H and O–H groups in total. The summed E-state index contributed by atoms with van der Waals surface area (Å²) in [5.74, 6) is 1.12. The average molecular weight is 269 g/mol. The molecule has 16 heavy (non-hydrogen) atoms. The minimum atomic E-state index is 0. The third-order valence-electron chi connectivity index (χ3n) is 2.69. The van der Waals surface area contributed by atoms with Gasteiger partial charge in [-0.2, -0.15) is 0 Å². The first kappa shape index (κ1) is 14.6. The van der Waals surface area contributed by atoms with E-state index in [0.29, 0.717) is 10.9 Å². The maximum atomic E-state index is 9.06. The van der Waals surface area contributed by atoms with Gasteiger partial charge in [-0.3, -0.25) is 0 Å². The van der Waals surface area contributed by atoms with E-state index in [1.165, 1.54) is 0 Å². The predicted molar refractivity (Wildman–Crippen MR) is 71.1 cm³/mol. The summed E-state index contributed by atoms with van der Waals surface area (Å²) in [5, 5.41) is 9.66. The number of hydrogen-bond donors (Lipinski definition) is 2. The Kier molecular flexibility index (Phi) is 5.91. The van der Waals surface area contributed by atoms with Crippen LogP contribution in [0.2, 0.25) is 5.02 Å². The normalized spacial score (nSPS) is 19.7. The molecule has 3 nitrogen and oxygen atoms in total. The van der Waals surface area contributed by atoms with Gasteiger partial charge in [-0.25, -0.2) is 4.98 Å². The fourth-order valence-electron chi connectivity index (χ4n) is 1.82. The zero-order valence-corrected chi connectivity index (χ0v) is 9.88. The molecule has 0 saturated carbocycles. The molecule has 0 aromatic carbocycles. The van der Waals surface area contributed by atoms with Crippen molar-refractivity contribution in [2.45, 2.75) is 11.3 Å². The molecule has 0 amide bonds. The van der Waals surface area contributed by atoms with Crippen LogP contribution in [-0.4, -0.2) is 59.3 Å². The molecule has 1 aromatic heterocycles. The molecule has 2 heterocycles. The summed E-state index contributed by atoms with van der Waals surface area (Å²) in [6.07, 6.45) is 2.70. The van der Waals surface area contributed by atoms with Crippen LogP contribution in [0, 0.1) is 5.92 Å². The monoisotopic (exact) mass is 268 g/mol. The molecule has 6 heteroatoms. The summed E-state index contributed by atoms with van der Waals surface area (Å²) >= 11 is 10.4. The van der Waals surface area contributed by atoms with Crippen molar-refractivity contribution in [2.75, 3.05) is 24.6 Å². The van der Waals surface area contributed by atoms with Crippen molar-refractivity contribution in [2.24, 2.45) is 5.92 Å². The fourth-order valence-corrected chi connectivity index (χ4v) is 2.22. The zero-order valence-electron chi connectivity index (χ0n) is 8.23. The van der Waals surface area contributed by atoms with E-state index in [2.05, 4.69) is 22.5 Å². The number of anilines is 1. The van der Waals surface area contributed by atoms with E-state index >= 15 is 0 Å². The molecule has 1 saturated heterocycles. The van der Waals surface area contributed by atoms with E-state index in [0.717, 1.165) is 30.2 Å². The molecule has 84 valence electrons. The van der Waals surface area contributed by atoms with Crippen LogP contribution in [0.3, 0.4) is 0 Å². The molecule has 1 aliphatic rings. The molecule has 0 bridgehead atoms. The summed E-state index contributed by atoms with van der Waals surface area (Å²) in [4.78, 5) is 7.10. The van der Waals surface area contributed by atoms with Gasteiger partial charge in [-0.15, -0.1) is 12.6 Å². The molecular weight excluding hydrogens is 255 g/mol. The molecule has 2 rings (SSSR count). The number of aromatic nitrogens is 1. The molecular formula is C10H14ClN2NaOS. The van der Waals surface area contributed by atoms with Gasteiger partial charge in [0.05, 0.1) is 5.02 Å². The Labute approximate surface area is 128 Å². The first-order valence-corrected chi connectivity index (χ1v) is 5.74. The van der Waals surface area contributed by atoms with Crippen LogP contribution in [0.15, 0.2) is 17.2 Å². The molecule has 1 aromatic rings. The second-order valence-corrected chi connectivity index (χ2v) is 4.61. The van der Waals surface area contributed by atoms with Crippen LogP contribution in [0.4, 0.5) is 5.82 Å². The molecule has 1 unspecified atom stereocenters. The van der Waals surface area contributed by atoms with Crippen molar-refractivity contribution in [1.29, 1.82) is 0 Å². The quantitative estimate of drug-likeness (QED) is 0.625. The Bertz CT molecular complexity index is 367. The Morgan fingerprint density at radius 3 is 3.00 bits per heavy atom. The van der Waals surface area contributed by atoms with Crippen molar-refractivity contribution < 1.29 is 5.11 Å². The van der Waals surface area contributed by atoms with Gasteiger partial charge < -0.3 is 10.0 Å². The third-order valence-corrected chi connectivity index (χ3v) is 3.57. The van der Waals surface area contributed by atoms with Gasteiger partial charge in [0.15, 0.2) is 0 Å². The second-order valence-electron chi connectivity index (χ2n) is 3.75. The van der Waals surface area contributed by atoms with Crippen molar-refractivity contribution >= 4 is 59.6 Å². The van der Waals surface area contributed by atoms with Gasteiger partial charge >= 0.3 is 29.6 Å². The van der Waals surface area contributed by atoms with Crippen LogP contribution in [-0.2, 0) is 0 Å². The number of thiol groups is 1. The standard InChI is InChI=1S/C10H13ClN2OS.Na.H/c11-9-8(15)1-3-12-10(9)13-4-2-7(5-13)6-14;;/h1,3,7,14H,2,4-6H2,(H,12,15);;. The fraction of sp³-hybridized carbons (Fsp3) is 0.500. The van der Waals surface area contributed by atoms with E-state index in [1.807, 2.05) is 0 Å². The van der Waals surface area contributed by atoms with E-state index in [9.17, 15) is 0 Å². The Hall–Kier alpha value is 0.550. The number of halogens is 1. The van der Waals surface area contributed by atoms with Gasteiger partial charge in [0.25, 0.3) is 0 Å². The molecule has 0 spiro atoms. The topological polar surface area (TPSA) is 36.4 Å². The van der Waals surface area contributed by atoms with Crippen LogP contribution >= 0.6 is 24.2 Å². The summed E-state index contributed by atoms with van der Waals surface area (Å²) in [7, 11) is 0. The number of rotatable bonds is 2. The molecule has 1 aliphatic heterocycles. The number of aliphatic hydroxyl groups is 1. The third kappa shape index (κ3) is 3.06. The summed E-state index contributed by atoms with van der Waals surface area (Å²) in [6, 6.07) is 1.77. The number of hydrogen-bond acceptors (Lipinski definition) is 4. The Morgan fingerprint density at radius 1 is 1.62 bits per heavy atom. The minimum absolute atomic E-state index is 0. The molecule has 1 atom stereocenters. The molecule has 0 aliphatic carbocycles. The van der Waals surface area contributed by atoms with Gasteiger partial charge in [0.2, 0.25) is 0 Å². The average Bonchev–Trinajstić information content (AvgIpc) is 2.70. The number of pyridine rings is 1. The van der Waals surface area contributed by atoms with Gasteiger partial charge in [0, 0.05) is 36.7 Å². The predicted octanol–water partition coefficient (Wildman–Crippen LogP) is 1.19. The van der Waals surface area contributed by atoms with E-state index < -0.39 is 0 Å². The maximum absolute atomic E-state index is 9.06. The van der Waals surface area contributed by atoms with Gasteiger partial charge in [-0.1, -0.05) is 11.6 Å². The number of aliphatic hydroxyl groups excluding tert-OH is 1. The SMILES string of the molecule is OCC1CCN(c2nccc(S)c2Cl)C1.[NaH]. The summed E-state index contributed by atoms with van der Waals surface area (Å²) < 4.78 is 0. The Balaban J connectivity index is 0.00000128. The Morgan fingerprint density at radius 2 is 2.38 bits per heavy atom. The first-order valence-electron chi connectivity index (χ1n) is 4.91. The van der Waals surface area contributed by atoms with Gasteiger partial charge in [0.1, 0.15) is 5.82 Å².